The Hall–Kier alpha value is -3.81. The summed E-state index contributed by atoms with van der Waals surface area (Å²) in [7, 11) is 3.52. The van der Waals surface area contributed by atoms with Crippen molar-refractivity contribution in [3.05, 3.63) is 60.3 Å². The Morgan fingerprint density at radius 3 is 2.65 bits per heavy atom. The largest absolute Gasteiger partial charge is 0.497 e. The van der Waals surface area contributed by atoms with Gasteiger partial charge in [0.05, 0.1) is 13.7 Å². The molecule has 1 aliphatic heterocycles. The first kappa shape index (κ1) is 20.5. The molecule has 8 nitrogen and oxygen atoms in total. The van der Waals surface area contributed by atoms with Crippen LogP contribution in [-0.2, 0) is 23.2 Å². The van der Waals surface area contributed by atoms with Crippen LogP contribution in [0.15, 0.2) is 54.7 Å². The summed E-state index contributed by atoms with van der Waals surface area (Å²) in [5.41, 5.74) is 2.53. The van der Waals surface area contributed by atoms with Gasteiger partial charge in [0.25, 0.3) is 5.91 Å². The lowest BCUT2D eigenvalue weighted by molar-refractivity contribution is -0.128. The lowest BCUT2D eigenvalue weighted by atomic mass is 10.1. The summed E-state index contributed by atoms with van der Waals surface area (Å²) in [6, 6.07) is 13.7. The number of anilines is 1. The number of methoxy groups -OCH3 is 1. The minimum absolute atomic E-state index is 0.123. The SMILES string of the molecule is COc1ccc(CN2C(=O)N[C@H](CCC(=O)Nc3ccc4ccn(C)c4c3)C2=O)cc1. The molecule has 4 rings (SSSR count). The summed E-state index contributed by atoms with van der Waals surface area (Å²) in [6.07, 6.45) is 2.32. The second-order valence-corrected chi connectivity index (χ2v) is 7.56. The fourth-order valence-corrected chi connectivity index (χ4v) is 3.67. The molecule has 0 spiro atoms. The van der Waals surface area contributed by atoms with Crippen LogP contribution in [0.1, 0.15) is 18.4 Å². The number of aromatic nitrogens is 1. The Labute approximate surface area is 179 Å². The first-order valence-corrected chi connectivity index (χ1v) is 10.0. The van der Waals surface area contributed by atoms with Crippen LogP contribution in [-0.4, -0.2) is 40.5 Å². The molecule has 4 amide bonds. The number of carbonyl (C=O) groups excluding carboxylic acids is 3. The lowest BCUT2D eigenvalue weighted by Gasteiger charge is -2.13. The van der Waals surface area contributed by atoms with Crippen molar-refractivity contribution in [3.63, 3.8) is 0 Å². The Kier molecular flexibility index (Phi) is 5.62. The Bertz CT molecular complexity index is 1140. The van der Waals surface area contributed by atoms with Gasteiger partial charge in [-0.3, -0.25) is 14.5 Å². The van der Waals surface area contributed by atoms with E-state index in [0.717, 1.165) is 16.5 Å². The normalized spacial score (nSPS) is 15.9. The van der Waals surface area contributed by atoms with Gasteiger partial charge in [0, 0.05) is 30.9 Å². The number of carbonyl (C=O) groups is 3. The third-order valence-electron chi connectivity index (χ3n) is 5.44. The van der Waals surface area contributed by atoms with Gasteiger partial charge in [-0.15, -0.1) is 0 Å². The van der Waals surface area contributed by atoms with Gasteiger partial charge in [-0.25, -0.2) is 4.79 Å². The van der Waals surface area contributed by atoms with E-state index in [1.165, 1.54) is 4.90 Å². The standard InChI is InChI=1S/C23H24N4O4/c1-26-12-11-16-5-6-17(13-20(16)26)24-21(28)10-9-19-22(29)27(23(30)25-19)14-15-3-7-18(31-2)8-4-15/h3-8,11-13,19H,9-10,14H2,1-2H3,(H,24,28)(H,25,30)/t19-/m1/s1. The number of nitrogens with zero attached hydrogens (tertiary/aromatic N) is 2. The number of aryl methyl sites for hydroxylation is 1. The summed E-state index contributed by atoms with van der Waals surface area (Å²) >= 11 is 0. The van der Waals surface area contributed by atoms with Crippen LogP contribution in [0.2, 0.25) is 0 Å². The van der Waals surface area contributed by atoms with E-state index < -0.39 is 12.1 Å². The number of hydrogen-bond acceptors (Lipinski definition) is 4. The van der Waals surface area contributed by atoms with E-state index in [9.17, 15) is 14.4 Å². The molecule has 0 bridgehead atoms. The van der Waals surface area contributed by atoms with Gasteiger partial charge in [-0.05, 0) is 47.7 Å². The molecule has 3 aromatic rings. The number of ether oxygens (including phenoxy) is 1. The van der Waals surface area contributed by atoms with Gasteiger partial charge in [-0.1, -0.05) is 18.2 Å². The zero-order valence-electron chi connectivity index (χ0n) is 17.4. The zero-order valence-corrected chi connectivity index (χ0v) is 17.4. The average Bonchev–Trinajstić information content (AvgIpc) is 3.27. The monoisotopic (exact) mass is 420 g/mol. The summed E-state index contributed by atoms with van der Waals surface area (Å²) in [6.45, 7) is 0.175. The molecule has 1 fully saturated rings. The predicted molar refractivity (Wildman–Crippen MR) is 117 cm³/mol. The fraction of sp³-hybridized carbons (Fsp3) is 0.261. The highest BCUT2D eigenvalue weighted by atomic mass is 16.5. The topological polar surface area (TPSA) is 92.7 Å². The zero-order chi connectivity index (χ0) is 22.0. The minimum Gasteiger partial charge on any atom is -0.497 e. The van der Waals surface area contributed by atoms with Crippen LogP contribution in [0, 0.1) is 0 Å². The third kappa shape index (κ3) is 4.37. The number of fused-ring (bicyclic) bond motifs is 1. The van der Waals surface area contributed by atoms with Gasteiger partial charge >= 0.3 is 6.03 Å². The van der Waals surface area contributed by atoms with E-state index in [0.29, 0.717) is 11.4 Å². The van der Waals surface area contributed by atoms with Crippen molar-refractivity contribution in [1.82, 2.24) is 14.8 Å². The van der Waals surface area contributed by atoms with Crippen molar-refractivity contribution in [2.75, 3.05) is 12.4 Å². The molecule has 1 aliphatic rings. The average molecular weight is 420 g/mol. The highest BCUT2D eigenvalue weighted by Gasteiger charge is 2.37. The maximum absolute atomic E-state index is 12.7. The van der Waals surface area contributed by atoms with Gasteiger partial charge < -0.3 is 19.9 Å². The molecule has 1 atom stereocenters. The number of benzene rings is 2. The van der Waals surface area contributed by atoms with E-state index in [-0.39, 0.29) is 31.2 Å². The van der Waals surface area contributed by atoms with Crippen LogP contribution in [0.25, 0.3) is 10.9 Å². The molecule has 1 aromatic heterocycles. The van der Waals surface area contributed by atoms with E-state index >= 15 is 0 Å². The Morgan fingerprint density at radius 2 is 1.90 bits per heavy atom. The van der Waals surface area contributed by atoms with Crippen molar-refractivity contribution in [2.45, 2.75) is 25.4 Å². The molecule has 160 valence electrons. The molecule has 0 aliphatic carbocycles. The van der Waals surface area contributed by atoms with Crippen LogP contribution in [0.3, 0.4) is 0 Å². The maximum atomic E-state index is 12.7. The second-order valence-electron chi connectivity index (χ2n) is 7.56. The van der Waals surface area contributed by atoms with Crippen molar-refractivity contribution in [2.24, 2.45) is 7.05 Å². The minimum atomic E-state index is -0.702. The number of rotatable bonds is 7. The molecule has 2 N–H and O–H groups in total. The van der Waals surface area contributed by atoms with Crippen LogP contribution in [0.4, 0.5) is 10.5 Å². The summed E-state index contributed by atoms with van der Waals surface area (Å²) in [5.74, 6) is 0.180. The maximum Gasteiger partial charge on any atom is 0.325 e. The molecule has 0 radical (unpaired) electrons. The molecular formula is C23H24N4O4. The second kappa shape index (κ2) is 8.51. The first-order chi connectivity index (χ1) is 14.9. The smallest absolute Gasteiger partial charge is 0.325 e. The Balaban J connectivity index is 1.32. The fourth-order valence-electron chi connectivity index (χ4n) is 3.67. The number of amides is 4. The van der Waals surface area contributed by atoms with E-state index in [4.69, 9.17) is 4.74 Å². The van der Waals surface area contributed by atoms with Gasteiger partial charge in [0.15, 0.2) is 0 Å². The van der Waals surface area contributed by atoms with Crippen LogP contribution < -0.4 is 15.4 Å². The molecule has 0 unspecified atom stereocenters. The summed E-state index contributed by atoms with van der Waals surface area (Å²) in [4.78, 5) is 38.5. The molecule has 8 heteroatoms. The quantitative estimate of drug-likeness (QED) is 0.575. The number of urea groups is 1. The molecule has 1 saturated heterocycles. The molecule has 0 saturated carbocycles. The first-order valence-electron chi connectivity index (χ1n) is 10.0. The number of hydrogen-bond donors (Lipinski definition) is 2. The van der Waals surface area contributed by atoms with E-state index in [1.807, 2.05) is 54.2 Å². The van der Waals surface area contributed by atoms with E-state index in [2.05, 4.69) is 10.6 Å². The van der Waals surface area contributed by atoms with Crippen molar-refractivity contribution < 1.29 is 19.1 Å². The van der Waals surface area contributed by atoms with Crippen LogP contribution >= 0.6 is 0 Å². The van der Waals surface area contributed by atoms with Crippen molar-refractivity contribution in [3.8, 4) is 5.75 Å². The summed E-state index contributed by atoms with van der Waals surface area (Å²) in [5, 5.41) is 6.63. The number of imide groups is 1. The van der Waals surface area contributed by atoms with Gasteiger partial charge in [0.1, 0.15) is 11.8 Å². The van der Waals surface area contributed by atoms with Crippen LogP contribution in [0.5, 0.6) is 5.75 Å². The summed E-state index contributed by atoms with van der Waals surface area (Å²) < 4.78 is 7.10. The van der Waals surface area contributed by atoms with Gasteiger partial charge in [-0.2, -0.15) is 0 Å². The highest BCUT2D eigenvalue weighted by Crippen LogP contribution is 2.21. The lowest BCUT2D eigenvalue weighted by Crippen LogP contribution is -2.31. The van der Waals surface area contributed by atoms with E-state index in [1.54, 1.807) is 19.2 Å². The molecule has 31 heavy (non-hydrogen) atoms. The molecular weight excluding hydrogens is 396 g/mol. The third-order valence-corrected chi connectivity index (χ3v) is 5.44. The Morgan fingerprint density at radius 1 is 1.13 bits per heavy atom. The number of nitrogens with one attached hydrogen (secondary N) is 2. The van der Waals surface area contributed by atoms with Crippen molar-refractivity contribution >= 4 is 34.4 Å². The highest BCUT2D eigenvalue weighted by molar-refractivity contribution is 6.04. The van der Waals surface area contributed by atoms with Crippen molar-refractivity contribution in [1.29, 1.82) is 0 Å². The van der Waals surface area contributed by atoms with Gasteiger partial charge in [0.2, 0.25) is 5.91 Å². The molecule has 2 heterocycles. The predicted octanol–water partition coefficient (Wildman–Crippen LogP) is 3.03. The molecule has 2 aromatic carbocycles.